The zero-order valence-corrected chi connectivity index (χ0v) is 20.8. The minimum absolute atomic E-state index is 0.0394. The molecule has 3 rings (SSSR count). The number of thioether (sulfide) groups is 2. The summed E-state index contributed by atoms with van der Waals surface area (Å²) in [4.78, 5) is 26.8. The first-order valence-electron chi connectivity index (χ1n) is 11.1. The summed E-state index contributed by atoms with van der Waals surface area (Å²) >= 11 is 3.66. The summed E-state index contributed by atoms with van der Waals surface area (Å²) < 4.78 is 11.5. The first-order valence-corrected chi connectivity index (χ1v) is 13.2. The molecule has 1 aliphatic heterocycles. The van der Waals surface area contributed by atoms with Crippen molar-refractivity contribution in [2.75, 3.05) is 25.2 Å². The molecule has 0 radical (unpaired) electrons. The van der Waals surface area contributed by atoms with E-state index in [1.807, 2.05) is 58.8 Å². The van der Waals surface area contributed by atoms with Crippen LogP contribution in [0.5, 0.6) is 11.5 Å². The van der Waals surface area contributed by atoms with Crippen molar-refractivity contribution in [3.63, 3.8) is 0 Å². The van der Waals surface area contributed by atoms with Crippen molar-refractivity contribution in [1.29, 1.82) is 0 Å². The average Bonchev–Trinajstić information content (AvgIpc) is 3.32. The molecule has 0 spiro atoms. The molecule has 0 saturated carbocycles. The van der Waals surface area contributed by atoms with E-state index in [9.17, 15) is 14.9 Å². The first-order chi connectivity index (χ1) is 16.0. The van der Waals surface area contributed by atoms with E-state index in [-0.39, 0.29) is 40.1 Å². The summed E-state index contributed by atoms with van der Waals surface area (Å²) in [6.45, 7) is 5.05. The number of nitrogens with zero attached hydrogens (tertiary/aromatic N) is 2. The predicted octanol–water partition coefficient (Wildman–Crippen LogP) is 5.62. The second kappa shape index (κ2) is 12.2. The third-order valence-electron chi connectivity index (χ3n) is 5.48. The van der Waals surface area contributed by atoms with E-state index in [1.165, 1.54) is 19.2 Å². The third-order valence-corrected chi connectivity index (χ3v) is 8.25. The Hall–Kier alpha value is -2.39. The Labute approximate surface area is 203 Å². The maximum atomic E-state index is 13.6. The van der Waals surface area contributed by atoms with E-state index in [0.29, 0.717) is 12.3 Å². The van der Waals surface area contributed by atoms with Crippen molar-refractivity contribution in [3.8, 4) is 11.5 Å². The van der Waals surface area contributed by atoms with Crippen LogP contribution in [0.4, 0.5) is 5.69 Å². The molecule has 1 heterocycles. The first kappa shape index (κ1) is 25.2. The smallest absolute Gasteiger partial charge is 0.286 e. The molecule has 0 aromatic heterocycles. The van der Waals surface area contributed by atoms with Gasteiger partial charge in [0, 0.05) is 12.6 Å². The molecule has 1 aliphatic rings. The van der Waals surface area contributed by atoms with Gasteiger partial charge in [-0.3, -0.25) is 14.9 Å². The van der Waals surface area contributed by atoms with Crippen molar-refractivity contribution in [2.24, 2.45) is 0 Å². The molecule has 1 saturated heterocycles. The number of amides is 1. The van der Waals surface area contributed by atoms with Gasteiger partial charge < -0.3 is 14.4 Å². The van der Waals surface area contributed by atoms with Gasteiger partial charge >= 0.3 is 0 Å². The highest BCUT2D eigenvalue weighted by atomic mass is 32.2. The zero-order valence-electron chi connectivity index (χ0n) is 19.2. The summed E-state index contributed by atoms with van der Waals surface area (Å²) in [6, 6.07) is 12.3. The second-order valence-electron chi connectivity index (χ2n) is 7.54. The average molecular weight is 491 g/mol. The van der Waals surface area contributed by atoms with Crippen LogP contribution in [-0.4, -0.2) is 51.5 Å². The van der Waals surface area contributed by atoms with Crippen LogP contribution in [0.1, 0.15) is 42.6 Å². The Morgan fingerprint density at radius 2 is 1.88 bits per heavy atom. The number of benzene rings is 2. The Bertz CT molecular complexity index is 951. The summed E-state index contributed by atoms with van der Waals surface area (Å²) in [5, 5.41) is 11.9. The van der Waals surface area contributed by atoms with Gasteiger partial charge in [-0.15, -0.1) is 23.5 Å². The van der Waals surface area contributed by atoms with Gasteiger partial charge in [-0.25, -0.2) is 0 Å². The molecule has 1 fully saturated rings. The second-order valence-corrected chi connectivity index (χ2v) is 10.7. The summed E-state index contributed by atoms with van der Waals surface area (Å²) in [5.41, 5.74) is 0.699. The third kappa shape index (κ3) is 6.14. The van der Waals surface area contributed by atoms with Gasteiger partial charge in [0.05, 0.1) is 28.7 Å². The van der Waals surface area contributed by atoms with Crippen LogP contribution in [0.2, 0.25) is 0 Å². The van der Waals surface area contributed by atoms with Crippen molar-refractivity contribution < 1.29 is 19.2 Å². The summed E-state index contributed by atoms with van der Waals surface area (Å²) in [6.07, 6.45) is 1.80. The fraction of sp³-hybridized carbons (Fsp3) is 0.458. The van der Waals surface area contributed by atoms with Crippen molar-refractivity contribution in [3.05, 3.63) is 63.7 Å². The molecule has 2 aromatic carbocycles. The molecule has 9 heteroatoms. The highest BCUT2D eigenvalue weighted by molar-refractivity contribution is 8.17. The van der Waals surface area contributed by atoms with E-state index in [4.69, 9.17) is 9.47 Å². The standard InChI is InChI=1S/C24H30N2O5S2/c1-4-32-24(33-5-2)19-12-9-13-25(19)23(27)18-14-21(30-3)22(15-20(18)26(28)29)31-16-17-10-7-6-8-11-17/h6-8,10-11,14-15,19,24H,4-5,9,12-13,16H2,1-3H3/t19-/m0/s1. The lowest BCUT2D eigenvalue weighted by atomic mass is 10.1. The highest BCUT2D eigenvalue weighted by Crippen LogP contribution is 2.39. The van der Waals surface area contributed by atoms with E-state index >= 15 is 0 Å². The Kier molecular flexibility index (Phi) is 9.31. The van der Waals surface area contributed by atoms with Crippen LogP contribution < -0.4 is 9.47 Å². The van der Waals surface area contributed by atoms with Gasteiger partial charge in [0.15, 0.2) is 11.5 Å². The molecule has 0 unspecified atom stereocenters. The molecular formula is C24H30N2O5S2. The predicted molar refractivity (Wildman–Crippen MR) is 135 cm³/mol. The Balaban J connectivity index is 1.91. The number of carbonyl (C=O) groups excluding carboxylic acids is 1. The quantitative estimate of drug-likeness (QED) is 0.230. The van der Waals surface area contributed by atoms with E-state index in [1.54, 1.807) is 0 Å². The lowest BCUT2D eigenvalue weighted by Crippen LogP contribution is -2.41. The number of rotatable bonds is 11. The number of carbonyl (C=O) groups is 1. The molecule has 7 nitrogen and oxygen atoms in total. The van der Waals surface area contributed by atoms with Gasteiger partial charge in [-0.05, 0) is 29.9 Å². The van der Waals surface area contributed by atoms with Crippen LogP contribution in [0, 0.1) is 10.1 Å². The maximum absolute atomic E-state index is 13.6. The van der Waals surface area contributed by atoms with Gasteiger partial charge in [0.2, 0.25) is 0 Å². The number of hydrogen-bond acceptors (Lipinski definition) is 7. The van der Waals surface area contributed by atoms with Crippen molar-refractivity contribution in [1.82, 2.24) is 4.90 Å². The molecule has 0 bridgehead atoms. The Morgan fingerprint density at radius 1 is 1.18 bits per heavy atom. The number of hydrogen-bond donors (Lipinski definition) is 0. The summed E-state index contributed by atoms with van der Waals surface area (Å²) in [5.74, 6) is 2.13. The van der Waals surface area contributed by atoms with Crippen LogP contribution in [0.15, 0.2) is 42.5 Å². The maximum Gasteiger partial charge on any atom is 0.286 e. The van der Waals surface area contributed by atoms with Gasteiger partial charge in [-0.1, -0.05) is 44.2 Å². The number of nitro benzene ring substituents is 1. The van der Waals surface area contributed by atoms with Crippen LogP contribution in [0.25, 0.3) is 0 Å². The monoisotopic (exact) mass is 490 g/mol. The number of likely N-dealkylation sites (tertiary alicyclic amines) is 1. The zero-order chi connectivity index (χ0) is 23.8. The number of nitro groups is 1. The molecule has 2 aromatic rings. The molecule has 0 aliphatic carbocycles. The molecular weight excluding hydrogens is 460 g/mol. The van der Waals surface area contributed by atoms with Crippen molar-refractivity contribution in [2.45, 2.75) is 43.9 Å². The minimum Gasteiger partial charge on any atom is -0.493 e. The van der Waals surface area contributed by atoms with Gasteiger partial charge in [-0.2, -0.15) is 0 Å². The fourth-order valence-corrected chi connectivity index (χ4v) is 6.83. The minimum atomic E-state index is -0.522. The molecule has 178 valence electrons. The van der Waals surface area contributed by atoms with E-state index in [2.05, 4.69) is 13.8 Å². The van der Waals surface area contributed by atoms with Crippen LogP contribution in [-0.2, 0) is 6.61 Å². The Morgan fingerprint density at radius 3 is 2.48 bits per heavy atom. The van der Waals surface area contributed by atoms with E-state index < -0.39 is 4.92 Å². The fourth-order valence-electron chi connectivity index (χ4n) is 3.96. The van der Waals surface area contributed by atoms with Gasteiger partial charge in [0.25, 0.3) is 11.6 Å². The normalized spacial score (nSPS) is 15.6. The summed E-state index contributed by atoms with van der Waals surface area (Å²) in [7, 11) is 1.47. The largest absolute Gasteiger partial charge is 0.493 e. The van der Waals surface area contributed by atoms with Crippen molar-refractivity contribution >= 4 is 35.1 Å². The van der Waals surface area contributed by atoms with Crippen LogP contribution in [0.3, 0.4) is 0 Å². The topological polar surface area (TPSA) is 81.9 Å². The molecule has 1 amide bonds. The van der Waals surface area contributed by atoms with Crippen LogP contribution >= 0.6 is 23.5 Å². The number of methoxy groups -OCH3 is 1. The molecule has 33 heavy (non-hydrogen) atoms. The highest BCUT2D eigenvalue weighted by Gasteiger charge is 2.38. The lowest BCUT2D eigenvalue weighted by Gasteiger charge is -2.31. The lowest BCUT2D eigenvalue weighted by molar-refractivity contribution is -0.385. The van der Waals surface area contributed by atoms with E-state index in [0.717, 1.165) is 29.9 Å². The number of ether oxygens (including phenoxy) is 2. The molecule has 0 N–H and O–H groups in total. The molecule has 1 atom stereocenters. The SMILES string of the molecule is CCSC(SCC)[C@@H]1CCCN1C(=O)c1cc(OC)c(OCc2ccccc2)cc1[N+](=O)[O-]. The van der Waals surface area contributed by atoms with Gasteiger partial charge in [0.1, 0.15) is 12.2 Å².